The summed E-state index contributed by atoms with van der Waals surface area (Å²) in [7, 11) is 3.13. The zero-order valence-corrected chi connectivity index (χ0v) is 20.6. The van der Waals surface area contributed by atoms with E-state index in [1.807, 2.05) is 31.2 Å². The summed E-state index contributed by atoms with van der Waals surface area (Å²) in [5.41, 5.74) is 1.14. The maximum absolute atomic E-state index is 13.1. The van der Waals surface area contributed by atoms with Crippen LogP contribution < -0.4 is 9.47 Å². The Morgan fingerprint density at radius 1 is 1.12 bits per heavy atom. The zero-order chi connectivity index (χ0) is 24.0. The van der Waals surface area contributed by atoms with Crippen molar-refractivity contribution in [2.75, 3.05) is 34.0 Å². The van der Waals surface area contributed by atoms with E-state index in [1.54, 1.807) is 32.4 Å². The molecule has 1 heterocycles. The molecular weight excluding hydrogens is 490 g/mol. The monoisotopic (exact) mass is 517 g/mol. The van der Waals surface area contributed by atoms with Crippen LogP contribution in [-0.4, -0.2) is 55.7 Å². The maximum Gasteiger partial charge on any atom is 0.295 e. The first-order valence-electron chi connectivity index (χ1n) is 10.8. The lowest BCUT2D eigenvalue weighted by Crippen LogP contribution is -2.31. The van der Waals surface area contributed by atoms with Crippen molar-refractivity contribution in [2.24, 2.45) is 0 Å². The highest BCUT2D eigenvalue weighted by molar-refractivity contribution is 9.10. The number of nitrogens with zero attached hydrogens (tertiary/aromatic N) is 1. The van der Waals surface area contributed by atoms with Gasteiger partial charge in [-0.05, 0) is 64.7 Å². The Labute approximate surface area is 202 Å². The molecule has 0 radical (unpaired) electrons. The van der Waals surface area contributed by atoms with Gasteiger partial charge < -0.3 is 24.2 Å². The number of methoxy groups -OCH3 is 2. The molecule has 33 heavy (non-hydrogen) atoms. The van der Waals surface area contributed by atoms with Crippen molar-refractivity contribution in [3.05, 3.63) is 63.6 Å². The average Bonchev–Trinajstić information content (AvgIpc) is 3.07. The Morgan fingerprint density at radius 2 is 1.91 bits per heavy atom. The number of aliphatic hydroxyl groups excluding tert-OH is 1. The van der Waals surface area contributed by atoms with Gasteiger partial charge in [0.25, 0.3) is 11.7 Å². The molecule has 3 rings (SSSR count). The molecule has 0 saturated carbocycles. The lowest BCUT2D eigenvalue weighted by atomic mass is 9.95. The van der Waals surface area contributed by atoms with Crippen LogP contribution in [0.4, 0.5) is 0 Å². The summed E-state index contributed by atoms with van der Waals surface area (Å²) in [6.45, 7) is 3.33. The summed E-state index contributed by atoms with van der Waals surface area (Å²) in [5, 5.41) is 11.2. The number of hydrogen-bond donors (Lipinski definition) is 1. The summed E-state index contributed by atoms with van der Waals surface area (Å²) in [5.74, 6) is -0.379. The predicted octanol–water partition coefficient (Wildman–Crippen LogP) is 4.70. The first-order valence-corrected chi connectivity index (χ1v) is 11.6. The van der Waals surface area contributed by atoms with Crippen LogP contribution in [-0.2, 0) is 14.3 Å². The Morgan fingerprint density at radius 3 is 2.58 bits per heavy atom. The molecule has 0 spiro atoms. The van der Waals surface area contributed by atoms with Gasteiger partial charge in [-0.25, -0.2) is 0 Å². The van der Waals surface area contributed by atoms with Gasteiger partial charge in [-0.3, -0.25) is 9.59 Å². The summed E-state index contributed by atoms with van der Waals surface area (Å²) in [4.78, 5) is 27.6. The molecule has 1 N–H and O–H groups in total. The highest BCUT2D eigenvalue weighted by Gasteiger charge is 2.45. The average molecular weight is 518 g/mol. The van der Waals surface area contributed by atoms with Crippen LogP contribution in [0.3, 0.4) is 0 Å². The minimum absolute atomic E-state index is 0.0436. The van der Waals surface area contributed by atoms with E-state index in [9.17, 15) is 14.7 Å². The number of carbonyl (C=O) groups is 2. The number of Topliss-reactive ketones (excluding diaryl/α,β-unsaturated/α-hetero) is 1. The van der Waals surface area contributed by atoms with Crippen molar-refractivity contribution in [3.63, 3.8) is 0 Å². The van der Waals surface area contributed by atoms with Crippen molar-refractivity contribution in [3.8, 4) is 11.5 Å². The van der Waals surface area contributed by atoms with Gasteiger partial charge in [0.1, 0.15) is 17.3 Å². The standard InChI is InChI=1S/C25H28BrNO6/c1-4-12-33-18-8-5-7-16(14-18)22-21(24(29)25(30)27(22)11-6-13-31-2)23(28)17-9-10-20(32-3)19(26)15-17/h5,7-10,14-15,22,28H,4,6,11-13H2,1-3H3/b23-21+. The van der Waals surface area contributed by atoms with Gasteiger partial charge in [-0.15, -0.1) is 0 Å². The highest BCUT2D eigenvalue weighted by Crippen LogP contribution is 2.41. The van der Waals surface area contributed by atoms with Crippen molar-refractivity contribution >= 4 is 33.4 Å². The van der Waals surface area contributed by atoms with Crippen LogP contribution in [0.25, 0.3) is 5.76 Å². The highest BCUT2D eigenvalue weighted by atomic mass is 79.9. The second-order valence-electron chi connectivity index (χ2n) is 7.61. The summed E-state index contributed by atoms with van der Waals surface area (Å²) in [6, 6.07) is 11.5. The molecule has 2 aromatic carbocycles. The van der Waals surface area contributed by atoms with Gasteiger partial charge in [0, 0.05) is 25.8 Å². The topological polar surface area (TPSA) is 85.3 Å². The molecule has 2 aromatic rings. The number of rotatable bonds is 10. The molecule has 8 heteroatoms. The Balaban J connectivity index is 2.11. The number of hydrogen-bond acceptors (Lipinski definition) is 6. The third kappa shape index (κ3) is 5.39. The Kier molecular flexibility index (Phi) is 8.52. The third-order valence-electron chi connectivity index (χ3n) is 5.36. The molecule has 1 unspecified atom stereocenters. The number of ether oxygens (including phenoxy) is 3. The summed E-state index contributed by atoms with van der Waals surface area (Å²) < 4.78 is 16.8. The summed E-state index contributed by atoms with van der Waals surface area (Å²) >= 11 is 3.41. The zero-order valence-electron chi connectivity index (χ0n) is 19.0. The van der Waals surface area contributed by atoms with Crippen LogP contribution in [0.5, 0.6) is 11.5 Å². The molecule has 1 atom stereocenters. The van der Waals surface area contributed by atoms with Crippen molar-refractivity contribution in [2.45, 2.75) is 25.8 Å². The lowest BCUT2D eigenvalue weighted by Gasteiger charge is -2.25. The van der Waals surface area contributed by atoms with Gasteiger partial charge in [0.2, 0.25) is 0 Å². The van der Waals surface area contributed by atoms with E-state index >= 15 is 0 Å². The van der Waals surface area contributed by atoms with Gasteiger partial charge >= 0.3 is 0 Å². The molecule has 0 aromatic heterocycles. The molecule has 1 amide bonds. The number of amides is 1. The third-order valence-corrected chi connectivity index (χ3v) is 5.98. The van der Waals surface area contributed by atoms with Crippen molar-refractivity contribution in [1.29, 1.82) is 0 Å². The minimum atomic E-state index is -0.743. The molecule has 7 nitrogen and oxygen atoms in total. The quantitative estimate of drug-likeness (QED) is 0.212. The fourth-order valence-corrected chi connectivity index (χ4v) is 4.34. The van der Waals surface area contributed by atoms with E-state index in [0.717, 1.165) is 6.42 Å². The number of ketones is 1. The van der Waals surface area contributed by atoms with Gasteiger partial charge in [0.15, 0.2) is 0 Å². The Bertz CT molecular complexity index is 1050. The molecule has 1 aliphatic heterocycles. The molecule has 0 aliphatic carbocycles. The summed E-state index contributed by atoms with van der Waals surface area (Å²) in [6.07, 6.45) is 1.41. The van der Waals surface area contributed by atoms with E-state index in [4.69, 9.17) is 14.2 Å². The van der Waals surface area contributed by atoms with Crippen LogP contribution in [0, 0.1) is 0 Å². The maximum atomic E-state index is 13.1. The number of likely N-dealkylation sites (tertiary alicyclic amines) is 1. The molecule has 1 aliphatic rings. The van der Waals surface area contributed by atoms with E-state index in [0.29, 0.717) is 53.3 Å². The van der Waals surface area contributed by atoms with Crippen molar-refractivity contribution < 1.29 is 28.9 Å². The van der Waals surface area contributed by atoms with E-state index in [2.05, 4.69) is 15.9 Å². The second-order valence-corrected chi connectivity index (χ2v) is 8.46. The van der Waals surface area contributed by atoms with E-state index in [1.165, 1.54) is 4.90 Å². The van der Waals surface area contributed by atoms with Crippen LogP contribution in [0.1, 0.15) is 36.9 Å². The fraction of sp³-hybridized carbons (Fsp3) is 0.360. The minimum Gasteiger partial charge on any atom is -0.507 e. The molecular formula is C25H28BrNO6. The lowest BCUT2D eigenvalue weighted by molar-refractivity contribution is -0.140. The van der Waals surface area contributed by atoms with Gasteiger partial charge in [-0.1, -0.05) is 19.1 Å². The van der Waals surface area contributed by atoms with Crippen LogP contribution >= 0.6 is 15.9 Å². The number of aliphatic hydroxyl groups is 1. The first-order chi connectivity index (χ1) is 15.9. The second kappa shape index (κ2) is 11.3. The number of benzene rings is 2. The SMILES string of the molecule is CCCOc1cccc(C2/C(=C(\O)c3ccc(OC)c(Br)c3)C(=O)C(=O)N2CCCOC)c1. The molecule has 176 valence electrons. The largest absolute Gasteiger partial charge is 0.507 e. The van der Waals surface area contributed by atoms with E-state index < -0.39 is 17.7 Å². The molecule has 1 fully saturated rings. The molecule has 1 saturated heterocycles. The fourth-order valence-electron chi connectivity index (χ4n) is 3.80. The number of halogens is 1. The number of carbonyl (C=O) groups excluding carboxylic acids is 2. The van der Waals surface area contributed by atoms with E-state index in [-0.39, 0.29) is 11.3 Å². The normalized spacial score (nSPS) is 17.5. The van der Waals surface area contributed by atoms with Crippen LogP contribution in [0.2, 0.25) is 0 Å². The van der Waals surface area contributed by atoms with Crippen molar-refractivity contribution in [1.82, 2.24) is 4.90 Å². The first kappa shape index (κ1) is 24.8. The molecule has 0 bridgehead atoms. The van der Waals surface area contributed by atoms with Gasteiger partial charge in [0.05, 0.1) is 29.8 Å². The smallest absolute Gasteiger partial charge is 0.295 e. The predicted molar refractivity (Wildman–Crippen MR) is 128 cm³/mol. The Hall–Kier alpha value is -2.84. The van der Waals surface area contributed by atoms with Gasteiger partial charge in [-0.2, -0.15) is 0 Å². The van der Waals surface area contributed by atoms with Crippen LogP contribution in [0.15, 0.2) is 52.5 Å².